The Morgan fingerprint density at radius 2 is 1.77 bits per heavy atom. The molecule has 0 spiro atoms. The van der Waals surface area contributed by atoms with Crippen LogP contribution < -0.4 is 4.90 Å². The molecule has 3 aromatic carbocycles. The van der Waals surface area contributed by atoms with E-state index in [4.69, 9.17) is 4.99 Å². The van der Waals surface area contributed by atoms with E-state index < -0.39 is 0 Å². The molecule has 0 bridgehead atoms. The number of fused-ring (bicyclic) bond motifs is 8. The second-order valence-corrected chi connectivity index (χ2v) is 18.2. The van der Waals surface area contributed by atoms with Crippen LogP contribution in [0, 0.1) is 5.92 Å². The van der Waals surface area contributed by atoms with Crippen molar-refractivity contribution in [2.75, 3.05) is 4.90 Å². The van der Waals surface area contributed by atoms with E-state index in [9.17, 15) is 0 Å². The van der Waals surface area contributed by atoms with E-state index >= 15 is 0 Å². The maximum absolute atomic E-state index is 4.89. The summed E-state index contributed by atoms with van der Waals surface area (Å²) in [7, 11) is 0. The van der Waals surface area contributed by atoms with E-state index in [2.05, 4.69) is 149 Å². The molecule has 3 nitrogen and oxygen atoms in total. The summed E-state index contributed by atoms with van der Waals surface area (Å²) in [5.74, 6) is 1.35. The highest BCUT2D eigenvalue weighted by Crippen LogP contribution is 2.54. The average molecular weight is 758 g/mol. The quantitative estimate of drug-likeness (QED) is 0.189. The highest BCUT2D eigenvalue weighted by molar-refractivity contribution is 8.07. The van der Waals surface area contributed by atoms with Gasteiger partial charge < -0.3 is 9.47 Å². The van der Waals surface area contributed by atoms with Crippen LogP contribution in [-0.4, -0.2) is 16.8 Å². The minimum absolute atomic E-state index is 0.246. The van der Waals surface area contributed by atoms with Crippen LogP contribution in [0.5, 0.6) is 0 Å². The van der Waals surface area contributed by atoms with Gasteiger partial charge in [-0.3, -0.25) is 4.99 Å². The molecule has 0 N–H and O–H groups in total. The summed E-state index contributed by atoms with van der Waals surface area (Å²) >= 11 is 2.04. The molecule has 1 aromatic heterocycles. The number of thioether (sulfide) groups is 1. The van der Waals surface area contributed by atoms with Gasteiger partial charge in [-0.1, -0.05) is 90.7 Å². The molecule has 4 heteroatoms. The normalized spacial score (nSPS) is 25.4. The number of nitrogens with zero attached hydrogens (tertiary/aromatic N) is 3. The average Bonchev–Trinajstić information content (AvgIpc) is 3.94. The van der Waals surface area contributed by atoms with Crippen molar-refractivity contribution in [3.63, 3.8) is 0 Å². The first kappa shape index (κ1) is 33.8. The molecule has 5 aliphatic carbocycles. The summed E-state index contributed by atoms with van der Waals surface area (Å²) < 4.78 is 2.63. The maximum Gasteiger partial charge on any atom is 0.0659 e. The highest BCUT2D eigenvalue weighted by Gasteiger charge is 2.39. The number of rotatable bonds is 5. The Morgan fingerprint density at radius 3 is 2.70 bits per heavy atom. The molecule has 0 saturated heterocycles. The van der Waals surface area contributed by atoms with Crippen LogP contribution in [0.2, 0.25) is 0 Å². The predicted octanol–water partition coefficient (Wildman–Crippen LogP) is 14.0. The third kappa shape index (κ3) is 5.58. The van der Waals surface area contributed by atoms with Gasteiger partial charge in [0.1, 0.15) is 0 Å². The van der Waals surface area contributed by atoms with E-state index in [1.807, 2.05) is 11.8 Å². The number of hydrogen-bond donors (Lipinski definition) is 0. The zero-order chi connectivity index (χ0) is 37.5. The number of allylic oxidation sites excluding steroid dienone is 14. The Bertz CT molecular complexity index is 2700. The molecule has 0 fully saturated rings. The number of para-hydroxylation sites is 1. The summed E-state index contributed by atoms with van der Waals surface area (Å²) in [5, 5.41) is 1.37. The molecule has 4 heterocycles. The fraction of sp³-hybridized carbons (Fsp3) is 0.264. The van der Waals surface area contributed by atoms with Crippen molar-refractivity contribution < 1.29 is 0 Å². The Morgan fingerprint density at radius 1 is 0.807 bits per heavy atom. The Balaban J connectivity index is 0.926. The summed E-state index contributed by atoms with van der Waals surface area (Å²) in [6.07, 6.45) is 41.8. The van der Waals surface area contributed by atoms with Gasteiger partial charge in [0.2, 0.25) is 0 Å². The number of hydrogen-bond acceptors (Lipinski definition) is 3. The topological polar surface area (TPSA) is 20.5 Å². The molecule has 4 atom stereocenters. The molecular formula is C53H47N3S. The van der Waals surface area contributed by atoms with Gasteiger partial charge in [0.25, 0.3) is 0 Å². The molecule has 4 aromatic rings. The smallest absolute Gasteiger partial charge is 0.0659 e. The van der Waals surface area contributed by atoms with E-state index in [-0.39, 0.29) is 6.04 Å². The van der Waals surface area contributed by atoms with Crippen LogP contribution in [-0.2, 0) is 6.42 Å². The van der Waals surface area contributed by atoms with Gasteiger partial charge in [-0.05, 0) is 162 Å². The fourth-order valence-electron chi connectivity index (χ4n) is 11.0. The van der Waals surface area contributed by atoms with E-state index in [0.29, 0.717) is 17.8 Å². The van der Waals surface area contributed by atoms with Gasteiger partial charge in [0.05, 0.1) is 17.3 Å². The van der Waals surface area contributed by atoms with Crippen LogP contribution in [0.15, 0.2) is 148 Å². The third-order valence-corrected chi connectivity index (χ3v) is 15.1. The predicted molar refractivity (Wildman–Crippen MR) is 243 cm³/mol. The van der Waals surface area contributed by atoms with E-state index in [1.54, 1.807) is 10.5 Å². The minimum atomic E-state index is 0.246. The van der Waals surface area contributed by atoms with Gasteiger partial charge in [-0.15, -0.1) is 0 Å². The lowest BCUT2D eigenvalue weighted by Gasteiger charge is -2.30. The molecule has 57 heavy (non-hydrogen) atoms. The molecule has 0 saturated carbocycles. The van der Waals surface area contributed by atoms with Crippen molar-refractivity contribution in [3.8, 4) is 0 Å². The lowest BCUT2D eigenvalue weighted by Crippen LogP contribution is -2.28. The molecule has 0 amide bonds. The van der Waals surface area contributed by atoms with E-state index in [1.165, 1.54) is 91.2 Å². The number of anilines is 2. The molecule has 3 aliphatic heterocycles. The molecule has 280 valence electrons. The van der Waals surface area contributed by atoms with Gasteiger partial charge >= 0.3 is 0 Å². The zero-order valence-electron chi connectivity index (χ0n) is 32.4. The van der Waals surface area contributed by atoms with Crippen LogP contribution in [0.1, 0.15) is 103 Å². The van der Waals surface area contributed by atoms with Crippen LogP contribution in [0.3, 0.4) is 0 Å². The first-order valence-corrected chi connectivity index (χ1v) is 22.2. The maximum atomic E-state index is 4.89. The van der Waals surface area contributed by atoms with Crippen LogP contribution >= 0.6 is 11.8 Å². The summed E-state index contributed by atoms with van der Waals surface area (Å²) in [5.41, 5.74) is 17.9. The van der Waals surface area contributed by atoms with E-state index in [0.717, 1.165) is 50.6 Å². The molecular weight excluding hydrogens is 711 g/mol. The number of benzene rings is 3. The van der Waals surface area contributed by atoms with Gasteiger partial charge in [-0.25, -0.2) is 0 Å². The highest BCUT2D eigenvalue weighted by atomic mass is 32.2. The second kappa shape index (κ2) is 13.7. The Hall–Kier alpha value is -5.32. The first-order valence-electron chi connectivity index (χ1n) is 21.4. The summed E-state index contributed by atoms with van der Waals surface area (Å²) in [6, 6.07) is 24.1. The third-order valence-electron chi connectivity index (χ3n) is 13.8. The lowest BCUT2D eigenvalue weighted by atomic mass is 9.86. The largest absolute Gasteiger partial charge is 0.333 e. The molecule has 4 unspecified atom stereocenters. The Kier molecular flexibility index (Phi) is 8.10. The van der Waals surface area contributed by atoms with Crippen molar-refractivity contribution in [3.05, 3.63) is 176 Å². The second-order valence-electron chi connectivity index (χ2n) is 17.0. The van der Waals surface area contributed by atoms with Crippen LogP contribution in [0.25, 0.3) is 33.9 Å². The Labute approximate surface area is 340 Å². The van der Waals surface area contributed by atoms with Crippen LogP contribution in [0.4, 0.5) is 11.4 Å². The van der Waals surface area contributed by atoms with Gasteiger partial charge in [0.15, 0.2) is 0 Å². The van der Waals surface area contributed by atoms with Crippen molar-refractivity contribution >= 4 is 63.3 Å². The first-order chi connectivity index (χ1) is 28.2. The lowest BCUT2D eigenvalue weighted by molar-refractivity contribution is 0.616. The monoisotopic (exact) mass is 757 g/mol. The molecule has 0 radical (unpaired) electrons. The summed E-state index contributed by atoms with van der Waals surface area (Å²) in [6.45, 7) is 0. The van der Waals surface area contributed by atoms with Gasteiger partial charge in [0, 0.05) is 57.3 Å². The molecule has 12 rings (SSSR count). The molecule has 8 aliphatic rings. The minimum Gasteiger partial charge on any atom is -0.333 e. The fourth-order valence-corrected chi connectivity index (χ4v) is 12.3. The number of aliphatic imine (C=N–C) groups is 1. The SMILES string of the molecule is C1=CC2c3cc(C4=Cc5c(n(C6=CC=C7SC8=C(C=CCC8)C7C6)c6ccccc56)CC4)ccc3N(c3cc(C4=CCCC=N4)cc(C4CC=CCC4)c3)C2C=C1. The zero-order valence-corrected chi connectivity index (χ0v) is 33.2. The standard InChI is InChI=1S/C53H47N3S/c1-2-12-34(13-3-1)37-28-38(47-17-10-11-27-54-47)30-40(29-37)56-49-19-8-5-15-42(49)45-32-36(22-25-51(45)56)35-21-24-50-44(31-35)41-14-4-7-18-48(41)55(50)39-23-26-53-46(33-39)43-16-6-9-20-52(43)57-53/h1-2,4-8,14-19,22-23,25-32,34,42,46,49H,3,9-13,20-21,24,33H2. The van der Waals surface area contributed by atoms with Crippen molar-refractivity contribution in [2.45, 2.75) is 82.1 Å². The van der Waals surface area contributed by atoms with Crippen molar-refractivity contribution in [1.29, 1.82) is 0 Å². The summed E-state index contributed by atoms with van der Waals surface area (Å²) in [4.78, 5) is 10.7. The number of aromatic nitrogens is 1. The van der Waals surface area contributed by atoms with Crippen molar-refractivity contribution in [1.82, 2.24) is 4.57 Å². The van der Waals surface area contributed by atoms with Gasteiger partial charge in [-0.2, -0.15) is 0 Å². The van der Waals surface area contributed by atoms with Crippen molar-refractivity contribution in [2.24, 2.45) is 10.9 Å².